The Bertz CT molecular complexity index is 608. The zero-order chi connectivity index (χ0) is 17.1. The topological polar surface area (TPSA) is 75.9 Å². The summed E-state index contributed by atoms with van der Waals surface area (Å²) >= 11 is 0. The van der Waals surface area contributed by atoms with E-state index in [1.54, 1.807) is 11.0 Å². The van der Waals surface area contributed by atoms with Crippen molar-refractivity contribution in [3.63, 3.8) is 0 Å². The van der Waals surface area contributed by atoms with Gasteiger partial charge in [-0.05, 0) is 24.6 Å². The van der Waals surface area contributed by atoms with E-state index < -0.39 is 4.92 Å². The number of ether oxygens (including phenoxy) is 1. The Kier molecular flexibility index (Phi) is 5.20. The lowest BCUT2D eigenvalue weighted by atomic mass is 9.98. The number of carbonyl (C=O) groups excluding carboxylic acids is 1. The first-order chi connectivity index (χ1) is 10.8. The van der Waals surface area contributed by atoms with Crippen LogP contribution in [0.15, 0.2) is 12.1 Å². The van der Waals surface area contributed by atoms with E-state index in [1.807, 2.05) is 20.9 Å². The summed E-state index contributed by atoms with van der Waals surface area (Å²) in [6, 6.07) is 3.21. The van der Waals surface area contributed by atoms with Crippen LogP contribution in [0.4, 0.5) is 5.69 Å². The van der Waals surface area contributed by atoms with Crippen LogP contribution in [0, 0.1) is 10.1 Å². The number of rotatable bonds is 4. The molecule has 1 aliphatic heterocycles. The van der Waals surface area contributed by atoms with E-state index in [0.717, 1.165) is 18.7 Å². The molecular formula is C16H23N3O4. The third kappa shape index (κ3) is 3.61. The number of piperazine rings is 1. The van der Waals surface area contributed by atoms with Crippen LogP contribution in [0.25, 0.3) is 0 Å². The predicted octanol–water partition coefficient (Wildman–Crippen LogP) is 2.11. The van der Waals surface area contributed by atoms with E-state index in [-0.39, 0.29) is 28.8 Å². The summed E-state index contributed by atoms with van der Waals surface area (Å²) in [6.45, 7) is 6.68. The molecule has 1 aromatic carbocycles. The van der Waals surface area contributed by atoms with Crippen molar-refractivity contribution in [1.82, 2.24) is 9.80 Å². The van der Waals surface area contributed by atoms with Gasteiger partial charge >= 0.3 is 5.69 Å². The summed E-state index contributed by atoms with van der Waals surface area (Å²) in [5, 5.41) is 11.3. The van der Waals surface area contributed by atoms with Crippen LogP contribution < -0.4 is 4.74 Å². The average Bonchev–Trinajstić information content (AvgIpc) is 2.53. The van der Waals surface area contributed by atoms with Crippen LogP contribution in [-0.4, -0.2) is 61.0 Å². The van der Waals surface area contributed by atoms with Gasteiger partial charge < -0.3 is 14.5 Å². The number of amides is 1. The van der Waals surface area contributed by atoms with Gasteiger partial charge in [-0.1, -0.05) is 13.8 Å². The van der Waals surface area contributed by atoms with Gasteiger partial charge in [0.25, 0.3) is 5.91 Å². The van der Waals surface area contributed by atoms with Gasteiger partial charge in [-0.2, -0.15) is 0 Å². The fourth-order valence-corrected chi connectivity index (χ4v) is 2.66. The number of hydrogen-bond acceptors (Lipinski definition) is 5. The van der Waals surface area contributed by atoms with E-state index in [4.69, 9.17) is 4.74 Å². The summed E-state index contributed by atoms with van der Waals surface area (Å²) in [4.78, 5) is 27.6. The molecule has 1 amide bonds. The number of nitrogens with zero attached hydrogens (tertiary/aromatic N) is 3. The average molecular weight is 321 g/mol. The molecule has 23 heavy (non-hydrogen) atoms. The van der Waals surface area contributed by atoms with Gasteiger partial charge in [0.15, 0.2) is 0 Å². The smallest absolute Gasteiger partial charge is 0.312 e. The summed E-state index contributed by atoms with van der Waals surface area (Å²) in [5.41, 5.74) is 0.876. The molecule has 7 nitrogen and oxygen atoms in total. The summed E-state index contributed by atoms with van der Waals surface area (Å²) in [6.07, 6.45) is 0. The number of methoxy groups -OCH3 is 1. The Hall–Kier alpha value is -2.15. The molecule has 0 spiro atoms. The maximum absolute atomic E-state index is 12.8. The van der Waals surface area contributed by atoms with Gasteiger partial charge in [-0.15, -0.1) is 0 Å². The molecule has 1 heterocycles. The highest BCUT2D eigenvalue weighted by Gasteiger charge is 2.29. The predicted molar refractivity (Wildman–Crippen MR) is 87.1 cm³/mol. The molecule has 0 atom stereocenters. The van der Waals surface area contributed by atoms with Crippen LogP contribution in [0.2, 0.25) is 0 Å². The highest BCUT2D eigenvalue weighted by atomic mass is 16.6. The molecule has 0 aliphatic carbocycles. The third-order valence-corrected chi connectivity index (χ3v) is 4.18. The first kappa shape index (κ1) is 17.2. The first-order valence-corrected chi connectivity index (χ1v) is 7.69. The van der Waals surface area contributed by atoms with E-state index in [2.05, 4.69) is 4.90 Å². The minimum atomic E-state index is -0.495. The van der Waals surface area contributed by atoms with E-state index in [9.17, 15) is 14.9 Å². The Morgan fingerprint density at radius 3 is 2.35 bits per heavy atom. The van der Waals surface area contributed by atoms with Gasteiger partial charge in [0, 0.05) is 32.2 Å². The number of hydrogen-bond donors (Lipinski definition) is 0. The second-order valence-corrected chi connectivity index (χ2v) is 6.13. The van der Waals surface area contributed by atoms with Crippen molar-refractivity contribution in [3.05, 3.63) is 33.4 Å². The van der Waals surface area contributed by atoms with E-state index in [0.29, 0.717) is 13.1 Å². The second kappa shape index (κ2) is 6.95. The maximum atomic E-state index is 12.8. The van der Waals surface area contributed by atoms with E-state index >= 15 is 0 Å². The van der Waals surface area contributed by atoms with Crippen molar-refractivity contribution in [3.8, 4) is 5.75 Å². The van der Waals surface area contributed by atoms with Gasteiger partial charge in [-0.25, -0.2) is 0 Å². The molecule has 1 saturated heterocycles. The third-order valence-electron chi connectivity index (χ3n) is 4.18. The van der Waals surface area contributed by atoms with Crippen molar-refractivity contribution in [2.75, 3.05) is 40.3 Å². The van der Waals surface area contributed by atoms with Crippen LogP contribution in [0.1, 0.15) is 35.7 Å². The van der Waals surface area contributed by atoms with Crippen LogP contribution in [-0.2, 0) is 0 Å². The highest BCUT2D eigenvalue weighted by molar-refractivity contribution is 5.98. The van der Waals surface area contributed by atoms with Gasteiger partial charge in [0.05, 0.1) is 17.6 Å². The second-order valence-electron chi connectivity index (χ2n) is 6.13. The quantitative estimate of drug-likeness (QED) is 0.627. The summed E-state index contributed by atoms with van der Waals surface area (Å²) in [5.74, 6) is -0.0810. The SMILES string of the molecule is COc1c(C(=O)N2CCN(C)CC2)cc(C(C)C)cc1[N+](=O)[O-]. The van der Waals surface area contributed by atoms with E-state index in [1.165, 1.54) is 13.2 Å². The molecule has 7 heteroatoms. The number of carbonyl (C=O) groups is 1. The van der Waals surface area contributed by atoms with Crippen molar-refractivity contribution in [2.45, 2.75) is 19.8 Å². The number of benzene rings is 1. The molecule has 2 rings (SSSR count). The number of nitro groups is 1. The summed E-state index contributed by atoms with van der Waals surface area (Å²) in [7, 11) is 3.37. The van der Waals surface area contributed by atoms with Crippen LogP contribution >= 0.6 is 0 Å². The fraction of sp³-hybridized carbons (Fsp3) is 0.562. The Labute approximate surface area is 136 Å². The normalized spacial score (nSPS) is 15.8. The molecule has 1 aliphatic rings. The molecular weight excluding hydrogens is 298 g/mol. The Morgan fingerprint density at radius 2 is 1.87 bits per heavy atom. The zero-order valence-electron chi connectivity index (χ0n) is 14.0. The standard InChI is InChI=1S/C16H23N3O4/c1-11(2)12-9-13(15(23-4)14(10-12)19(21)22)16(20)18-7-5-17(3)6-8-18/h9-11H,5-8H2,1-4H3. The summed E-state index contributed by atoms with van der Waals surface area (Å²) < 4.78 is 5.21. The molecule has 1 aromatic rings. The molecule has 0 unspecified atom stereocenters. The van der Waals surface area contributed by atoms with Crippen LogP contribution in [0.5, 0.6) is 5.75 Å². The van der Waals surface area contributed by atoms with Gasteiger partial charge in [0.1, 0.15) is 0 Å². The van der Waals surface area contributed by atoms with Crippen molar-refractivity contribution in [1.29, 1.82) is 0 Å². The molecule has 0 N–H and O–H groups in total. The fourth-order valence-electron chi connectivity index (χ4n) is 2.66. The lowest BCUT2D eigenvalue weighted by Gasteiger charge is -2.32. The van der Waals surface area contributed by atoms with Gasteiger partial charge in [-0.3, -0.25) is 14.9 Å². The van der Waals surface area contributed by atoms with Crippen molar-refractivity contribution >= 4 is 11.6 Å². The maximum Gasteiger partial charge on any atom is 0.312 e. The molecule has 126 valence electrons. The Balaban J connectivity index is 2.46. The van der Waals surface area contributed by atoms with Crippen molar-refractivity contribution < 1.29 is 14.5 Å². The molecule has 1 fully saturated rings. The Morgan fingerprint density at radius 1 is 1.26 bits per heavy atom. The monoisotopic (exact) mass is 321 g/mol. The number of nitro benzene ring substituents is 1. The molecule has 0 bridgehead atoms. The van der Waals surface area contributed by atoms with Gasteiger partial charge in [0.2, 0.25) is 5.75 Å². The molecule has 0 saturated carbocycles. The molecule has 0 aromatic heterocycles. The number of likely N-dealkylation sites (N-methyl/N-ethyl adjacent to an activating group) is 1. The first-order valence-electron chi connectivity index (χ1n) is 7.69. The lowest BCUT2D eigenvalue weighted by molar-refractivity contribution is -0.385. The minimum Gasteiger partial charge on any atom is -0.490 e. The van der Waals surface area contributed by atoms with Crippen molar-refractivity contribution in [2.24, 2.45) is 0 Å². The molecule has 0 radical (unpaired) electrons. The minimum absolute atomic E-state index is 0.0447. The largest absolute Gasteiger partial charge is 0.490 e. The van der Waals surface area contributed by atoms with Crippen LogP contribution in [0.3, 0.4) is 0 Å². The zero-order valence-corrected chi connectivity index (χ0v) is 14.0. The lowest BCUT2D eigenvalue weighted by Crippen LogP contribution is -2.47. The highest BCUT2D eigenvalue weighted by Crippen LogP contribution is 2.35.